The first-order valence-electron chi connectivity index (χ1n) is 2.46. The normalized spacial score (nSPS) is 31.5. The summed E-state index contributed by atoms with van der Waals surface area (Å²) in [5, 5.41) is 0. The highest BCUT2D eigenvalue weighted by atomic mass is 19.4. The Labute approximate surface area is 57.9 Å². The number of cyclic esters (lactones) is 2. The van der Waals surface area contributed by atoms with Gasteiger partial charge in [-0.2, -0.15) is 17.6 Å². The van der Waals surface area contributed by atoms with E-state index in [0.717, 1.165) is 0 Å². The molecule has 1 aliphatic rings. The quantitative estimate of drug-likeness (QED) is 0.411. The van der Waals surface area contributed by atoms with Gasteiger partial charge < -0.3 is 9.47 Å². The van der Waals surface area contributed by atoms with E-state index in [1.807, 2.05) is 0 Å². The van der Waals surface area contributed by atoms with Gasteiger partial charge in [-0.05, 0) is 0 Å². The van der Waals surface area contributed by atoms with Gasteiger partial charge in [-0.1, -0.05) is 0 Å². The number of carbonyl (C=O) groups is 1. The Balaban J connectivity index is 2.77. The van der Waals surface area contributed by atoms with Crippen molar-refractivity contribution in [2.24, 2.45) is 0 Å². The SMILES string of the molecule is O=C1OCC(F)(C(F)(F)F)O1. The molecule has 1 rings (SSSR count). The second kappa shape index (κ2) is 1.99. The van der Waals surface area contributed by atoms with E-state index in [4.69, 9.17) is 0 Å². The highest BCUT2D eigenvalue weighted by Crippen LogP contribution is 2.38. The van der Waals surface area contributed by atoms with Crippen LogP contribution in [0.5, 0.6) is 0 Å². The van der Waals surface area contributed by atoms with Crippen molar-refractivity contribution in [3.63, 3.8) is 0 Å². The highest BCUT2D eigenvalue weighted by molar-refractivity contribution is 5.62. The maximum Gasteiger partial charge on any atom is 0.511 e. The minimum Gasteiger partial charge on any atom is -0.426 e. The van der Waals surface area contributed by atoms with Crippen molar-refractivity contribution in [3.05, 3.63) is 0 Å². The Bertz CT molecular complexity index is 188. The summed E-state index contributed by atoms with van der Waals surface area (Å²) in [5.41, 5.74) is 0. The third kappa shape index (κ3) is 1.22. The van der Waals surface area contributed by atoms with Gasteiger partial charge in [0.05, 0.1) is 0 Å². The molecule has 0 aromatic rings. The fourth-order valence-electron chi connectivity index (χ4n) is 0.482. The molecule has 1 fully saturated rings. The molecule has 1 atom stereocenters. The molecule has 1 saturated heterocycles. The van der Waals surface area contributed by atoms with Crippen molar-refractivity contribution in [3.8, 4) is 0 Å². The monoisotopic (exact) mass is 174 g/mol. The largest absolute Gasteiger partial charge is 0.511 e. The molecule has 1 unspecified atom stereocenters. The van der Waals surface area contributed by atoms with Crippen molar-refractivity contribution < 1.29 is 31.8 Å². The summed E-state index contributed by atoms with van der Waals surface area (Å²) < 4.78 is 54.0. The van der Waals surface area contributed by atoms with E-state index in [1.165, 1.54) is 0 Å². The average Bonchev–Trinajstić information content (AvgIpc) is 2.10. The number of halogens is 4. The lowest BCUT2D eigenvalue weighted by atomic mass is 10.3. The molecule has 0 radical (unpaired) electrons. The van der Waals surface area contributed by atoms with Crippen LogP contribution in [0, 0.1) is 0 Å². The predicted molar refractivity (Wildman–Crippen MR) is 22.3 cm³/mol. The molecule has 1 heterocycles. The zero-order valence-electron chi connectivity index (χ0n) is 4.94. The van der Waals surface area contributed by atoms with Crippen LogP contribution in [-0.2, 0) is 9.47 Å². The van der Waals surface area contributed by atoms with Gasteiger partial charge in [0, 0.05) is 0 Å². The predicted octanol–water partition coefficient (Wildman–Crippen LogP) is 1.38. The molecule has 0 spiro atoms. The van der Waals surface area contributed by atoms with Gasteiger partial charge in [0.15, 0.2) is 6.61 Å². The molecule has 0 aromatic heterocycles. The first kappa shape index (κ1) is 8.09. The van der Waals surface area contributed by atoms with Gasteiger partial charge in [-0.3, -0.25) is 0 Å². The zero-order valence-corrected chi connectivity index (χ0v) is 4.94. The van der Waals surface area contributed by atoms with Crippen LogP contribution in [0.4, 0.5) is 22.4 Å². The summed E-state index contributed by atoms with van der Waals surface area (Å²) in [7, 11) is 0. The fraction of sp³-hybridized carbons (Fsp3) is 0.750. The first-order chi connectivity index (χ1) is 4.85. The van der Waals surface area contributed by atoms with Gasteiger partial charge in [-0.25, -0.2) is 4.79 Å². The zero-order chi connectivity index (χ0) is 8.70. The second-order valence-electron chi connectivity index (χ2n) is 1.87. The van der Waals surface area contributed by atoms with E-state index in [0.29, 0.717) is 0 Å². The topological polar surface area (TPSA) is 35.5 Å². The van der Waals surface area contributed by atoms with Crippen molar-refractivity contribution in [1.82, 2.24) is 0 Å². The molecular formula is C4H2F4O3. The van der Waals surface area contributed by atoms with Crippen molar-refractivity contribution >= 4 is 6.16 Å². The minimum atomic E-state index is -5.24. The smallest absolute Gasteiger partial charge is 0.426 e. The van der Waals surface area contributed by atoms with Gasteiger partial charge in [0.2, 0.25) is 0 Å². The number of carbonyl (C=O) groups excluding carboxylic acids is 1. The van der Waals surface area contributed by atoms with E-state index in [2.05, 4.69) is 9.47 Å². The molecule has 0 bridgehead atoms. The Hall–Kier alpha value is -1.01. The Morgan fingerprint density at radius 1 is 1.45 bits per heavy atom. The number of hydrogen-bond donors (Lipinski definition) is 0. The lowest BCUT2D eigenvalue weighted by molar-refractivity contribution is -0.299. The van der Waals surface area contributed by atoms with Crippen LogP contribution in [0.2, 0.25) is 0 Å². The molecule has 0 aromatic carbocycles. The van der Waals surface area contributed by atoms with Crippen LogP contribution >= 0.6 is 0 Å². The summed E-state index contributed by atoms with van der Waals surface area (Å²) >= 11 is 0. The lowest BCUT2D eigenvalue weighted by Gasteiger charge is -2.17. The summed E-state index contributed by atoms with van der Waals surface area (Å²) in [6.45, 7) is -1.44. The molecule has 64 valence electrons. The number of ether oxygens (including phenoxy) is 2. The van der Waals surface area contributed by atoms with Crippen molar-refractivity contribution in [2.45, 2.75) is 12.0 Å². The fourth-order valence-corrected chi connectivity index (χ4v) is 0.482. The van der Waals surface area contributed by atoms with E-state index in [-0.39, 0.29) is 0 Å². The van der Waals surface area contributed by atoms with Crippen molar-refractivity contribution in [1.29, 1.82) is 0 Å². The molecule has 7 heteroatoms. The molecular weight excluding hydrogens is 172 g/mol. The van der Waals surface area contributed by atoms with Gasteiger partial charge >= 0.3 is 18.2 Å². The van der Waals surface area contributed by atoms with Crippen LogP contribution in [0.3, 0.4) is 0 Å². The molecule has 11 heavy (non-hydrogen) atoms. The lowest BCUT2D eigenvalue weighted by Crippen LogP contribution is -2.43. The van der Waals surface area contributed by atoms with E-state index in [9.17, 15) is 22.4 Å². The third-order valence-corrected chi connectivity index (χ3v) is 1.04. The minimum absolute atomic E-state index is 1.44. The number of rotatable bonds is 0. The van der Waals surface area contributed by atoms with Crippen LogP contribution in [0.25, 0.3) is 0 Å². The Morgan fingerprint density at radius 2 is 2.00 bits per heavy atom. The second-order valence-corrected chi connectivity index (χ2v) is 1.87. The van der Waals surface area contributed by atoms with Crippen LogP contribution in [0.15, 0.2) is 0 Å². The van der Waals surface area contributed by atoms with Crippen LogP contribution in [0.1, 0.15) is 0 Å². The molecule has 1 aliphatic heterocycles. The highest BCUT2D eigenvalue weighted by Gasteiger charge is 2.64. The van der Waals surface area contributed by atoms with E-state index >= 15 is 0 Å². The Kier molecular flexibility index (Phi) is 1.46. The maximum absolute atomic E-state index is 12.4. The van der Waals surface area contributed by atoms with Crippen LogP contribution in [-0.4, -0.2) is 24.8 Å². The van der Waals surface area contributed by atoms with Crippen LogP contribution < -0.4 is 0 Å². The molecule has 0 aliphatic carbocycles. The number of hydrogen-bond acceptors (Lipinski definition) is 3. The Morgan fingerprint density at radius 3 is 2.18 bits per heavy atom. The molecule has 3 nitrogen and oxygen atoms in total. The summed E-state index contributed by atoms with van der Waals surface area (Å²) in [6, 6.07) is 0. The summed E-state index contributed by atoms with van der Waals surface area (Å²) in [4.78, 5) is 9.92. The number of alkyl halides is 4. The first-order valence-corrected chi connectivity index (χ1v) is 2.46. The van der Waals surface area contributed by atoms with Crippen molar-refractivity contribution in [2.75, 3.05) is 6.61 Å². The van der Waals surface area contributed by atoms with E-state index < -0.39 is 24.8 Å². The average molecular weight is 174 g/mol. The van der Waals surface area contributed by atoms with Gasteiger partial charge in [0.1, 0.15) is 0 Å². The summed E-state index contributed by atoms with van der Waals surface area (Å²) in [6.07, 6.45) is -6.89. The molecule has 0 saturated carbocycles. The van der Waals surface area contributed by atoms with Gasteiger partial charge in [-0.15, -0.1) is 0 Å². The maximum atomic E-state index is 12.4. The van der Waals surface area contributed by atoms with E-state index in [1.54, 1.807) is 0 Å². The summed E-state index contributed by atoms with van der Waals surface area (Å²) in [5.74, 6) is -3.97. The standard InChI is InChI=1S/C4H2F4O3/c5-3(4(6,7)8)1-10-2(9)11-3/h1H2. The molecule has 0 N–H and O–H groups in total. The molecule has 0 amide bonds. The third-order valence-electron chi connectivity index (χ3n) is 1.04. The van der Waals surface area contributed by atoms with Gasteiger partial charge in [0.25, 0.3) is 0 Å².